The zero-order valence-electron chi connectivity index (χ0n) is 16.7. The van der Waals surface area contributed by atoms with Crippen LogP contribution in [-0.4, -0.2) is 36.3 Å². The number of hydrogen-bond donors (Lipinski definition) is 2. The predicted molar refractivity (Wildman–Crippen MR) is 118 cm³/mol. The minimum Gasteiger partial charge on any atom is -0.311 e. The molecule has 4 aromatic rings. The Morgan fingerprint density at radius 2 is 1.81 bits per heavy atom. The molecule has 0 radical (unpaired) electrons. The topological polar surface area (TPSA) is 114 Å². The second-order valence-corrected chi connectivity index (χ2v) is 7.88. The van der Waals surface area contributed by atoms with Crippen molar-refractivity contribution in [2.24, 2.45) is 0 Å². The van der Waals surface area contributed by atoms with Crippen molar-refractivity contribution < 1.29 is 4.79 Å². The molecule has 8 nitrogen and oxygen atoms in total. The third-order valence-electron chi connectivity index (χ3n) is 4.55. The fourth-order valence-electron chi connectivity index (χ4n) is 3.16. The van der Waals surface area contributed by atoms with E-state index in [9.17, 15) is 14.4 Å². The quantitative estimate of drug-likeness (QED) is 0.342. The molecule has 2 heterocycles. The van der Waals surface area contributed by atoms with Crippen molar-refractivity contribution in [3.05, 3.63) is 104 Å². The summed E-state index contributed by atoms with van der Waals surface area (Å²) in [4.78, 5) is 40.6. The number of aromatic amines is 2. The van der Waals surface area contributed by atoms with Crippen LogP contribution in [0.25, 0.3) is 5.69 Å². The molecule has 0 amide bonds. The lowest BCUT2D eigenvalue weighted by molar-refractivity contribution is 0.102. The first-order valence-corrected chi connectivity index (χ1v) is 10.5. The van der Waals surface area contributed by atoms with Gasteiger partial charge >= 0.3 is 5.69 Å². The number of thioether (sulfide) groups is 1. The second-order valence-electron chi connectivity index (χ2n) is 6.94. The minimum atomic E-state index is -0.577. The van der Waals surface area contributed by atoms with Crippen LogP contribution in [0.2, 0.25) is 0 Å². The SMILES string of the molecule is Cc1cccc(-n2c(Cc3cc(=O)[nH]c(=O)[nH]3)nnc2SCC(=O)c2ccccc2)c1. The van der Waals surface area contributed by atoms with Crippen molar-refractivity contribution >= 4 is 17.5 Å². The zero-order chi connectivity index (χ0) is 21.8. The molecular weight excluding hydrogens is 414 g/mol. The third-order valence-corrected chi connectivity index (χ3v) is 5.48. The standard InChI is InChI=1S/C22H19N5O3S/c1-14-6-5-9-17(10-14)27-19(11-16-12-20(29)24-21(30)23-16)25-26-22(27)31-13-18(28)15-7-3-2-4-8-15/h2-10,12H,11,13H2,1H3,(H2,23,24,29,30). The summed E-state index contributed by atoms with van der Waals surface area (Å²) in [5, 5.41) is 9.10. The molecule has 9 heteroatoms. The molecule has 0 unspecified atom stereocenters. The van der Waals surface area contributed by atoms with Gasteiger partial charge in [0.25, 0.3) is 5.56 Å². The number of carbonyl (C=O) groups excluding carboxylic acids is 1. The van der Waals surface area contributed by atoms with Crippen molar-refractivity contribution in [2.45, 2.75) is 18.5 Å². The van der Waals surface area contributed by atoms with Gasteiger partial charge in [0.1, 0.15) is 5.82 Å². The van der Waals surface area contributed by atoms with Gasteiger partial charge in [0, 0.05) is 29.4 Å². The summed E-state index contributed by atoms with van der Waals surface area (Å²) in [6.45, 7) is 1.98. The first kappa shape index (κ1) is 20.5. The van der Waals surface area contributed by atoms with Gasteiger partial charge in [0.15, 0.2) is 10.9 Å². The average Bonchev–Trinajstić information content (AvgIpc) is 3.14. The highest BCUT2D eigenvalue weighted by Gasteiger charge is 2.17. The van der Waals surface area contributed by atoms with Crippen molar-refractivity contribution in [1.29, 1.82) is 0 Å². The number of ketones is 1. The molecule has 31 heavy (non-hydrogen) atoms. The fourth-order valence-corrected chi connectivity index (χ4v) is 4.02. The van der Waals surface area contributed by atoms with Crippen molar-refractivity contribution in [1.82, 2.24) is 24.7 Å². The van der Waals surface area contributed by atoms with E-state index in [4.69, 9.17) is 0 Å². The lowest BCUT2D eigenvalue weighted by Crippen LogP contribution is -2.23. The van der Waals surface area contributed by atoms with Crippen LogP contribution in [0.5, 0.6) is 0 Å². The number of carbonyl (C=O) groups is 1. The normalized spacial score (nSPS) is 10.9. The number of rotatable bonds is 7. The van der Waals surface area contributed by atoms with E-state index in [-0.39, 0.29) is 18.0 Å². The van der Waals surface area contributed by atoms with Crippen LogP contribution in [-0.2, 0) is 6.42 Å². The molecule has 0 spiro atoms. The van der Waals surface area contributed by atoms with Crippen LogP contribution in [0, 0.1) is 6.92 Å². The number of hydrogen-bond acceptors (Lipinski definition) is 6. The average molecular weight is 433 g/mol. The Bertz CT molecular complexity index is 1310. The first-order valence-electron chi connectivity index (χ1n) is 9.54. The molecule has 2 N–H and O–H groups in total. The molecular formula is C22H19N5O3S. The van der Waals surface area contributed by atoms with E-state index in [1.807, 2.05) is 54.0 Å². The first-order chi connectivity index (χ1) is 15.0. The third kappa shape index (κ3) is 4.89. The van der Waals surface area contributed by atoms with Gasteiger partial charge in [-0.05, 0) is 24.6 Å². The summed E-state index contributed by atoms with van der Waals surface area (Å²) in [5.74, 6) is 0.738. The predicted octanol–water partition coefficient (Wildman–Crippen LogP) is 2.52. The Morgan fingerprint density at radius 1 is 1.00 bits per heavy atom. The number of Topliss-reactive ketones (excluding diaryl/α,β-unsaturated/α-hetero) is 1. The van der Waals surface area contributed by atoms with Crippen molar-refractivity contribution in [2.75, 3.05) is 5.75 Å². The molecule has 0 atom stereocenters. The fraction of sp³-hybridized carbons (Fsp3) is 0.136. The molecule has 0 saturated heterocycles. The highest BCUT2D eigenvalue weighted by atomic mass is 32.2. The van der Waals surface area contributed by atoms with Crippen molar-refractivity contribution in [3.8, 4) is 5.69 Å². The maximum Gasteiger partial charge on any atom is 0.325 e. The molecule has 0 fully saturated rings. The van der Waals surface area contributed by atoms with Gasteiger partial charge in [0.2, 0.25) is 0 Å². The smallest absolute Gasteiger partial charge is 0.311 e. The number of nitrogens with zero attached hydrogens (tertiary/aromatic N) is 3. The maximum absolute atomic E-state index is 12.5. The summed E-state index contributed by atoms with van der Waals surface area (Å²) >= 11 is 1.29. The minimum absolute atomic E-state index is 0.00938. The van der Waals surface area contributed by atoms with Crippen LogP contribution >= 0.6 is 11.8 Å². The van der Waals surface area contributed by atoms with Crippen LogP contribution in [0.3, 0.4) is 0 Å². The molecule has 0 aliphatic heterocycles. The van der Waals surface area contributed by atoms with E-state index in [1.165, 1.54) is 17.8 Å². The summed E-state index contributed by atoms with van der Waals surface area (Å²) < 4.78 is 1.84. The maximum atomic E-state index is 12.5. The van der Waals surface area contributed by atoms with Gasteiger partial charge in [-0.1, -0.05) is 54.2 Å². The zero-order valence-corrected chi connectivity index (χ0v) is 17.5. The van der Waals surface area contributed by atoms with Crippen LogP contribution in [0.1, 0.15) is 27.4 Å². The Hall–Kier alpha value is -3.72. The van der Waals surface area contributed by atoms with E-state index in [0.717, 1.165) is 11.3 Å². The van der Waals surface area contributed by atoms with Gasteiger partial charge in [0.05, 0.1) is 5.75 Å². The van der Waals surface area contributed by atoms with E-state index < -0.39 is 11.2 Å². The van der Waals surface area contributed by atoms with Gasteiger partial charge in [-0.3, -0.25) is 19.1 Å². The molecule has 0 saturated carbocycles. The van der Waals surface area contributed by atoms with E-state index in [2.05, 4.69) is 20.2 Å². The summed E-state index contributed by atoms with van der Waals surface area (Å²) in [6, 6.07) is 18.2. The van der Waals surface area contributed by atoms with Gasteiger partial charge < -0.3 is 4.98 Å². The number of nitrogens with one attached hydrogen (secondary N) is 2. The van der Waals surface area contributed by atoms with E-state index in [1.54, 1.807) is 12.1 Å². The Morgan fingerprint density at radius 3 is 2.55 bits per heavy atom. The summed E-state index contributed by atoms with van der Waals surface area (Å²) in [5.41, 5.74) is 1.89. The molecule has 0 aliphatic rings. The number of H-pyrrole nitrogens is 2. The molecule has 2 aromatic carbocycles. The van der Waals surface area contributed by atoms with Crippen molar-refractivity contribution in [3.63, 3.8) is 0 Å². The monoisotopic (exact) mass is 433 g/mol. The highest BCUT2D eigenvalue weighted by molar-refractivity contribution is 7.99. The Balaban J connectivity index is 1.67. The molecule has 0 aliphatic carbocycles. The number of aryl methyl sites for hydroxylation is 1. The molecule has 156 valence electrons. The molecule has 2 aromatic heterocycles. The lowest BCUT2D eigenvalue weighted by Gasteiger charge is -2.11. The Kier molecular flexibility index (Phi) is 5.94. The largest absolute Gasteiger partial charge is 0.325 e. The lowest BCUT2D eigenvalue weighted by atomic mass is 10.2. The van der Waals surface area contributed by atoms with Crippen LogP contribution in [0.15, 0.2) is 75.4 Å². The second kappa shape index (κ2) is 8.97. The number of benzene rings is 2. The molecule has 0 bridgehead atoms. The summed E-state index contributed by atoms with van der Waals surface area (Å²) in [7, 11) is 0. The highest BCUT2D eigenvalue weighted by Crippen LogP contribution is 2.24. The van der Waals surface area contributed by atoms with E-state index in [0.29, 0.717) is 22.2 Å². The van der Waals surface area contributed by atoms with Gasteiger partial charge in [-0.15, -0.1) is 10.2 Å². The van der Waals surface area contributed by atoms with Gasteiger partial charge in [-0.25, -0.2) is 4.79 Å². The molecule has 4 rings (SSSR count). The summed E-state index contributed by atoms with van der Waals surface area (Å²) in [6.07, 6.45) is 0.202. The van der Waals surface area contributed by atoms with E-state index >= 15 is 0 Å². The van der Waals surface area contributed by atoms with Crippen LogP contribution in [0.4, 0.5) is 0 Å². The van der Waals surface area contributed by atoms with Gasteiger partial charge in [-0.2, -0.15) is 0 Å². The Labute approximate surface area is 181 Å². The number of aromatic nitrogens is 5. The van der Waals surface area contributed by atoms with Crippen LogP contribution < -0.4 is 11.2 Å².